The number of ether oxygens (including phenoxy) is 1. The largest absolute Gasteiger partial charge is 0.496 e. The van der Waals surface area contributed by atoms with E-state index in [2.05, 4.69) is 5.10 Å². The van der Waals surface area contributed by atoms with Crippen LogP contribution in [0.2, 0.25) is 0 Å². The molecule has 0 aliphatic heterocycles. The van der Waals surface area contributed by atoms with Crippen molar-refractivity contribution in [3.8, 4) is 16.9 Å². The van der Waals surface area contributed by atoms with Crippen LogP contribution >= 0.6 is 0 Å². The molecule has 94 valence electrons. The molecule has 0 saturated heterocycles. The van der Waals surface area contributed by atoms with Crippen LogP contribution in [0.1, 0.15) is 17.3 Å². The molecule has 0 aliphatic carbocycles. The zero-order chi connectivity index (χ0) is 13.1. The average Bonchev–Trinajstić information content (AvgIpc) is 2.86. The van der Waals surface area contributed by atoms with E-state index in [0.717, 1.165) is 17.7 Å². The van der Waals surface area contributed by atoms with Crippen molar-refractivity contribution in [2.45, 2.75) is 13.5 Å². The van der Waals surface area contributed by atoms with E-state index in [4.69, 9.17) is 10.5 Å². The van der Waals surface area contributed by atoms with Crippen LogP contribution in [0.25, 0.3) is 11.1 Å². The molecule has 0 aliphatic rings. The van der Waals surface area contributed by atoms with Crippen LogP contribution in [-0.2, 0) is 6.54 Å². The van der Waals surface area contributed by atoms with E-state index in [-0.39, 0.29) is 0 Å². The number of amides is 1. The normalized spacial score (nSPS) is 10.3. The van der Waals surface area contributed by atoms with E-state index in [9.17, 15) is 4.79 Å². The maximum atomic E-state index is 11.3. The van der Waals surface area contributed by atoms with Gasteiger partial charge < -0.3 is 10.5 Å². The predicted octanol–water partition coefficient (Wildman–Crippen LogP) is 1.68. The van der Waals surface area contributed by atoms with Crippen molar-refractivity contribution >= 4 is 5.91 Å². The van der Waals surface area contributed by atoms with Crippen molar-refractivity contribution < 1.29 is 9.53 Å². The molecule has 0 atom stereocenters. The summed E-state index contributed by atoms with van der Waals surface area (Å²) in [5.41, 5.74) is 7.54. The molecule has 0 bridgehead atoms. The number of primary amides is 1. The van der Waals surface area contributed by atoms with Gasteiger partial charge >= 0.3 is 0 Å². The van der Waals surface area contributed by atoms with E-state index in [1.54, 1.807) is 18.3 Å². The first-order valence-corrected chi connectivity index (χ1v) is 5.66. The highest BCUT2D eigenvalue weighted by Gasteiger charge is 2.11. The summed E-state index contributed by atoms with van der Waals surface area (Å²) in [6.07, 6.45) is 3.68. The molecule has 0 fully saturated rings. The first kappa shape index (κ1) is 12.2. The van der Waals surface area contributed by atoms with Crippen LogP contribution in [0, 0.1) is 0 Å². The molecule has 1 heterocycles. The summed E-state index contributed by atoms with van der Waals surface area (Å²) in [5.74, 6) is -0.0225. The number of carbonyl (C=O) groups is 1. The summed E-state index contributed by atoms with van der Waals surface area (Å²) in [4.78, 5) is 11.3. The maximum Gasteiger partial charge on any atom is 0.252 e. The Bertz CT molecular complexity index is 575. The third-order valence-electron chi connectivity index (χ3n) is 2.76. The van der Waals surface area contributed by atoms with E-state index >= 15 is 0 Å². The van der Waals surface area contributed by atoms with E-state index in [0.29, 0.717) is 11.3 Å². The molecule has 5 nitrogen and oxygen atoms in total. The van der Waals surface area contributed by atoms with Gasteiger partial charge in [0.15, 0.2) is 0 Å². The van der Waals surface area contributed by atoms with Crippen molar-refractivity contribution in [2.75, 3.05) is 7.11 Å². The lowest BCUT2D eigenvalue weighted by Crippen LogP contribution is -2.12. The molecular weight excluding hydrogens is 230 g/mol. The highest BCUT2D eigenvalue weighted by molar-refractivity contribution is 5.97. The minimum Gasteiger partial charge on any atom is -0.496 e. The zero-order valence-corrected chi connectivity index (χ0v) is 10.4. The van der Waals surface area contributed by atoms with Crippen molar-refractivity contribution in [1.29, 1.82) is 0 Å². The Morgan fingerprint density at radius 1 is 1.44 bits per heavy atom. The summed E-state index contributed by atoms with van der Waals surface area (Å²) < 4.78 is 6.93. The number of carbonyl (C=O) groups excluding carboxylic acids is 1. The van der Waals surface area contributed by atoms with E-state index in [1.807, 2.05) is 23.9 Å². The SMILES string of the molecule is CCn1cc(-c2ccc(OC)c(C(N)=O)c2)cn1. The molecule has 0 radical (unpaired) electrons. The Morgan fingerprint density at radius 2 is 2.22 bits per heavy atom. The Kier molecular flexibility index (Phi) is 3.32. The Balaban J connectivity index is 2.46. The van der Waals surface area contributed by atoms with Gasteiger partial charge in [-0.15, -0.1) is 0 Å². The molecule has 0 spiro atoms. The lowest BCUT2D eigenvalue weighted by molar-refractivity contribution is 0.0997. The van der Waals surface area contributed by atoms with Gasteiger partial charge in [-0.05, 0) is 24.6 Å². The second-order valence-electron chi connectivity index (χ2n) is 3.86. The Labute approximate surface area is 105 Å². The summed E-state index contributed by atoms with van der Waals surface area (Å²) in [6.45, 7) is 2.82. The van der Waals surface area contributed by atoms with Gasteiger partial charge in [0.05, 0.1) is 18.9 Å². The minimum atomic E-state index is -0.503. The van der Waals surface area contributed by atoms with Crippen LogP contribution in [-0.4, -0.2) is 22.8 Å². The first-order chi connectivity index (χ1) is 8.65. The van der Waals surface area contributed by atoms with E-state index in [1.165, 1.54) is 7.11 Å². The van der Waals surface area contributed by atoms with Crippen LogP contribution in [0.4, 0.5) is 0 Å². The fourth-order valence-electron chi connectivity index (χ4n) is 1.77. The molecular formula is C13H15N3O2. The summed E-state index contributed by atoms with van der Waals surface area (Å²) >= 11 is 0. The van der Waals surface area contributed by atoms with Gasteiger partial charge in [0, 0.05) is 18.3 Å². The van der Waals surface area contributed by atoms with Crippen molar-refractivity contribution in [3.05, 3.63) is 36.2 Å². The summed E-state index contributed by atoms with van der Waals surface area (Å²) in [6, 6.07) is 5.33. The topological polar surface area (TPSA) is 70.1 Å². The Morgan fingerprint density at radius 3 is 2.78 bits per heavy atom. The first-order valence-electron chi connectivity index (χ1n) is 5.66. The molecule has 5 heteroatoms. The number of hydrogen-bond acceptors (Lipinski definition) is 3. The average molecular weight is 245 g/mol. The molecule has 2 N–H and O–H groups in total. The molecule has 1 aromatic carbocycles. The zero-order valence-electron chi connectivity index (χ0n) is 10.4. The van der Waals surface area contributed by atoms with Gasteiger partial charge in [0.2, 0.25) is 0 Å². The van der Waals surface area contributed by atoms with Gasteiger partial charge in [-0.2, -0.15) is 5.10 Å². The molecule has 18 heavy (non-hydrogen) atoms. The number of methoxy groups -OCH3 is 1. The fraction of sp³-hybridized carbons (Fsp3) is 0.231. The molecule has 0 saturated carbocycles. The smallest absolute Gasteiger partial charge is 0.252 e. The molecule has 1 aromatic heterocycles. The van der Waals surface area contributed by atoms with Crippen LogP contribution in [0.3, 0.4) is 0 Å². The van der Waals surface area contributed by atoms with Crippen molar-refractivity contribution in [3.63, 3.8) is 0 Å². The summed E-state index contributed by atoms with van der Waals surface area (Å²) in [7, 11) is 1.51. The van der Waals surface area contributed by atoms with Crippen LogP contribution in [0.5, 0.6) is 5.75 Å². The molecule has 2 rings (SSSR count). The van der Waals surface area contributed by atoms with Crippen molar-refractivity contribution in [1.82, 2.24) is 9.78 Å². The second kappa shape index (κ2) is 4.91. The third-order valence-corrected chi connectivity index (χ3v) is 2.76. The monoisotopic (exact) mass is 245 g/mol. The van der Waals surface area contributed by atoms with Gasteiger partial charge in [-0.25, -0.2) is 0 Å². The number of rotatable bonds is 4. The predicted molar refractivity (Wildman–Crippen MR) is 68.4 cm³/mol. The quantitative estimate of drug-likeness (QED) is 0.890. The molecule has 1 amide bonds. The number of nitrogens with zero attached hydrogens (tertiary/aromatic N) is 2. The second-order valence-corrected chi connectivity index (χ2v) is 3.86. The fourth-order valence-corrected chi connectivity index (χ4v) is 1.77. The van der Waals surface area contributed by atoms with Gasteiger partial charge in [0.25, 0.3) is 5.91 Å². The maximum absolute atomic E-state index is 11.3. The standard InChI is InChI=1S/C13H15N3O2/c1-3-16-8-10(7-15-16)9-4-5-12(18-2)11(6-9)13(14)17/h4-8H,3H2,1-2H3,(H2,14,17). The lowest BCUT2D eigenvalue weighted by atomic mass is 10.0. The van der Waals surface area contributed by atoms with Crippen molar-refractivity contribution in [2.24, 2.45) is 5.73 Å². The minimum absolute atomic E-state index is 0.374. The number of benzene rings is 1. The molecule has 2 aromatic rings. The summed E-state index contributed by atoms with van der Waals surface area (Å²) in [5, 5.41) is 4.20. The van der Waals surface area contributed by atoms with Gasteiger partial charge in [-0.1, -0.05) is 6.07 Å². The number of nitrogens with two attached hydrogens (primary N) is 1. The molecule has 0 unspecified atom stereocenters. The third kappa shape index (κ3) is 2.20. The number of aromatic nitrogens is 2. The van der Waals surface area contributed by atoms with Gasteiger partial charge in [0.1, 0.15) is 5.75 Å². The lowest BCUT2D eigenvalue weighted by Gasteiger charge is -2.07. The highest BCUT2D eigenvalue weighted by atomic mass is 16.5. The van der Waals surface area contributed by atoms with Crippen LogP contribution in [0.15, 0.2) is 30.6 Å². The Hall–Kier alpha value is -2.30. The number of hydrogen-bond donors (Lipinski definition) is 1. The highest BCUT2D eigenvalue weighted by Crippen LogP contribution is 2.26. The number of aryl methyl sites for hydroxylation is 1. The van der Waals surface area contributed by atoms with Gasteiger partial charge in [-0.3, -0.25) is 9.48 Å². The van der Waals surface area contributed by atoms with E-state index < -0.39 is 5.91 Å². The van der Waals surface area contributed by atoms with Crippen LogP contribution < -0.4 is 10.5 Å².